The van der Waals surface area contributed by atoms with Crippen LogP contribution >= 0.6 is 0 Å². The van der Waals surface area contributed by atoms with Gasteiger partial charge in [0.25, 0.3) is 0 Å². The monoisotopic (exact) mass is 401 g/mol. The summed E-state index contributed by atoms with van der Waals surface area (Å²) in [6.07, 6.45) is 9.55. The van der Waals surface area contributed by atoms with E-state index in [0.717, 1.165) is 40.6 Å². The van der Waals surface area contributed by atoms with Gasteiger partial charge in [-0.2, -0.15) is 0 Å². The highest BCUT2D eigenvalue weighted by Gasteiger charge is 2.28. The maximum absolute atomic E-state index is 4.93. The molecule has 3 aromatic rings. The number of rotatable bonds is 6. The maximum atomic E-state index is 4.93. The number of anilines is 2. The van der Waals surface area contributed by atoms with Crippen molar-refractivity contribution in [3.05, 3.63) is 53.5 Å². The van der Waals surface area contributed by atoms with Gasteiger partial charge < -0.3 is 15.2 Å². The van der Waals surface area contributed by atoms with Crippen molar-refractivity contribution in [2.75, 3.05) is 12.4 Å². The molecule has 1 fully saturated rings. The molecule has 0 spiro atoms. The molecule has 0 bridgehead atoms. The molecule has 0 radical (unpaired) electrons. The van der Waals surface area contributed by atoms with E-state index in [-0.39, 0.29) is 0 Å². The Bertz CT molecular complexity index is 1110. The number of aryl methyl sites for hydroxylation is 2. The van der Waals surface area contributed by atoms with Crippen molar-refractivity contribution < 1.29 is 0 Å². The van der Waals surface area contributed by atoms with Crippen molar-refractivity contribution >= 4 is 28.1 Å². The normalized spacial score (nSPS) is 19.5. The van der Waals surface area contributed by atoms with E-state index in [1.807, 2.05) is 24.0 Å². The smallest absolute Gasteiger partial charge is 0.130 e. The number of hydrogen-bond acceptors (Lipinski definition) is 4. The summed E-state index contributed by atoms with van der Waals surface area (Å²) in [6, 6.07) is 11.2. The van der Waals surface area contributed by atoms with Gasteiger partial charge in [-0.25, -0.2) is 9.97 Å². The zero-order valence-electron chi connectivity index (χ0n) is 18.2. The molecule has 1 saturated carbocycles. The molecule has 1 atom stereocenters. The van der Waals surface area contributed by atoms with E-state index >= 15 is 0 Å². The first-order valence-electron chi connectivity index (χ1n) is 11.1. The average Bonchev–Trinajstić information content (AvgIpc) is 3.50. The van der Waals surface area contributed by atoms with Crippen LogP contribution in [0.2, 0.25) is 0 Å². The van der Waals surface area contributed by atoms with Crippen LogP contribution in [0.1, 0.15) is 49.8 Å². The minimum absolute atomic E-state index is 0.575. The third-order valence-electron chi connectivity index (χ3n) is 6.72. The number of allylic oxidation sites excluding steroid dienone is 1. The standard InChI is InChI=1S/C25H31N5/c1-16-21(22-13-19(26-2)7-6-18(22)12-17-4-5-17)9-11-25(28-16)29-20-8-10-23-24(14-20)30(3)15-27-23/h8-11,14-15,17,19,26H,4-7,12-13H2,1-3H3,(H,28,29). The summed E-state index contributed by atoms with van der Waals surface area (Å²) in [5.41, 5.74) is 8.82. The summed E-state index contributed by atoms with van der Waals surface area (Å²) in [7, 11) is 4.11. The number of imidazole rings is 1. The van der Waals surface area contributed by atoms with Crippen molar-refractivity contribution in [3.63, 3.8) is 0 Å². The summed E-state index contributed by atoms with van der Waals surface area (Å²) in [5.74, 6) is 1.82. The lowest BCUT2D eigenvalue weighted by molar-refractivity contribution is 0.505. The van der Waals surface area contributed by atoms with E-state index in [9.17, 15) is 0 Å². The molecule has 30 heavy (non-hydrogen) atoms. The summed E-state index contributed by atoms with van der Waals surface area (Å²) in [5, 5.41) is 6.98. The fourth-order valence-corrected chi connectivity index (χ4v) is 4.74. The predicted octanol–water partition coefficient (Wildman–Crippen LogP) is 5.35. The Hall–Kier alpha value is -2.66. The van der Waals surface area contributed by atoms with E-state index in [1.165, 1.54) is 37.7 Å². The lowest BCUT2D eigenvalue weighted by Crippen LogP contribution is -2.28. The molecular formula is C25H31N5. The number of nitrogens with one attached hydrogen (secondary N) is 2. The van der Waals surface area contributed by atoms with Crippen molar-refractivity contribution in [2.24, 2.45) is 13.0 Å². The lowest BCUT2D eigenvalue weighted by Gasteiger charge is -2.28. The summed E-state index contributed by atoms with van der Waals surface area (Å²) >= 11 is 0. The molecule has 5 heteroatoms. The summed E-state index contributed by atoms with van der Waals surface area (Å²) in [6.45, 7) is 2.15. The molecule has 1 unspecified atom stereocenters. The fraction of sp³-hybridized carbons (Fsp3) is 0.440. The van der Waals surface area contributed by atoms with E-state index < -0.39 is 0 Å². The van der Waals surface area contributed by atoms with Crippen LogP contribution in [-0.2, 0) is 7.05 Å². The van der Waals surface area contributed by atoms with Crippen LogP contribution in [0.4, 0.5) is 11.5 Å². The molecule has 2 aliphatic carbocycles. The first-order chi connectivity index (χ1) is 14.6. The number of benzene rings is 1. The van der Waals surface area contributed by atoms with Crippen LogP contribution < -0.4 is 10.6 Å². The van der Waals surface area contributed by atoms with Crippen LogP contribution in [0, 0.1) is 12.8 Å². The second-order valence-corrected chi connectivity index (χ2v) is 8.97. The van der Waals surface area contributed by atoms with Crippen molar-refractivity contribution in [3.8, 4) is 0 Å². The number of hydrogen-bond donors (Lipinski definition) is 2. The van der Waals surface area contributed by atoms with Gasteiger partial charge in [0.05, 0.1) is 17.4 Å². The third-order valence-corrected chi connectivity index (χ3v) is 6.72. The number of nitrogens with zero attached hydrogens (tertiary/aromatic N) is 3. The highest BCUT2D eigenvalue weighted by Crippen LogP contribution is 2.42. The zero-order valence-corrected chi connectivity index (χ0v) is 18.2. The number of fused-ring (bicyclic) bond motifs is 1. The number of pyridine rings is 1. The van der Waals surface area contributed by atoms with Gasteiger partial charge >= 0.3 is 0 Å². The van der Waals surface area contributed by atoms with Gasteiger partial charge in [-0.3, -0.25) is 0 Å². The first kappa shape index (κ1) is 19.3. The van der Waals surface area contributed by atoms with Crippen LogP contribution in [0.15, 0.2) is 42.2 Å². The Morgan fingerprint density at radius 2 is 2.00 bits per heavy atom. The molecule has 0 saturated heterocycles. The molecule has 2 aliphatic rings. The predicted molar refractivity (Wildman–Crippen MR) is 124 cm³/mol. The first-order valence-corrected chi connectivity index (χ1v) is 11.1. The molecule has 2 N–H and O–H groups in total. The minimum Gasteiger partial charge on any atom is -0.340 e. The van der Waals surface area contributed by atoms with Crippen LogP contribution in [0.25, 0.3) is 16.6 Å². The molecule has 5 nitrogen and oxygen atoms in total. The topological polar surface area (TPSA) is 54.8 Å². The van der Waals surface area contributed by atoms with Gasteiger partial charge in [0.2, 0.25) is 0 Å². The Kier molecular flexibility index (Phi) is 5.07. The highest BCUT2D eigenvalue weighted by molar-refractivity contribution is 5.81. The Morgan fingerprint density at radius 3 is 2.77 bits per heavy atom. The molecule has 156 valence electrons. The molecule has 5 rings (SSSR count). The van der Waals surface area contributed by atoms with Crippen LogP contribution in [0.5, 0.6) is 0 Å². The highest BCUT2D eigenvalue weighted by atomic mass is 15.0. The Morgan fingerprint density at radius 1 is 1.13 bits per heavy atom. The zero-order chi connectivity index (χ0) is 20.7. The lowest BCUT2D eigenvalue weighted by atomic mass is 9.82. The van der Waals surface area contributed by atoms with Gasteiger partial charge in [-0.1, -0.05) is 5.57 Å². The van der Waals surface area contributed by atoms with Crippen LogP contribution in [0.3, 0.4) is 0 Å². The van der Waals surface area contributed by atoms with Gasteiger partial charge in [-0.05, 0) is 99.9 Å². The molecule has 0 amide bonds. The van der Waals surface area contributed by atoms with E-state index in [2.05, 4.69) is 53.9 Å². The second-order valence-electron chi connectivity index (χ2n) is 8.97. The SMILES string of the molecule is CNC1CCC(CC2CC2)=C(c2ccc(Nc3ccc4ncn(C)c4c3)nc2C)C1. The Labute approximate surface area is 178 Å². The van der Waals surface area contributed by atoms with Crippen molar-refractivity contribution in [1.82, 2.24) is 19.9 Å². The summed E-state index contributed by atoms with van der Waals surface area (Å²) < 4.78 is 2.04. The van der Waals surface area contributed by atoms with Crippen molar-refractivity contribution in [1.29, 1.82) is 0 Å². The molecule has 2 aromatic heterocycles. The molecular weight excluding hydrogens is 370 g/mol. The Balaban J connectivity index is 1.42. The molecule has 2 heterocycles. The van der Waals surface area contributed by atoms with E-state index in [0.29, 0.717) is 6.04 Å². The van der Waals surface area contributed by atoms with Gasteiger partial charge in [-0.15, -0.1) is 0 Å². The molecule has 0 aliphatic heterocycles. The second kappa shape index (κ2) is 7.88. The molecule has 1 aromatic carbocycles. The minimum atomic E-state index is 0.575. The maximum Gasteiger partial charge on any atom is 0.130 e. The van der Waals surface area contributed by atoms with Crippen LogP contribution in [-0.4, -0.2) is 27.6 Å². The van der Waals surface area contributed by atoms with E-state index in [1.54, 1.807) is 11.1 Å². The average molecular weight is 402 g/mol. The largest absolute Gasteiger partial charge is 0.340 e. The summed E-state index contributed by atoms with van der Waals surface area (Å²) in [4.78, 5) is 9.32. The fourth-order valence-electron chi connectivity index (χ4n) is 4.74. The number of aromatic nitrogens is 3. The van der Waals surface area contributed by atoms with Gasteiger partial charge in [0, 0.05) is 24.5 Å². The van der Waals surface area contributed by atoms with Crippen molar-refractivity contribution in [2.45, 2.75) is 51.5 Å². The van der Waals surface area contributed by atoms with Gasteiger partial charge in [0.1, 0.15) is 5.82 Å². The quantitative estimate of drug-likeness (QED) is 0.585. The van der Waals surface area contributed by atoms with E-state index in [4.69, 9.17) is 4.98 Å². The third kappa shape index (κ3) is 3.86. The van der Waals surface area contributed by atoms with Gasteiger partial charge in [0.15, 0.2) is 0 Å².